The zero-order chi connectivity index (χ0) is 13.7. The lowest BCUT2D eigenvalue weighted by Gasteiger charge is -2.55. The lowest BCUT2D eigenvalue weighted by molar-refractivity contribution is -0.0420. The number of hydrogen-bond acceptors (Lipinski definition) is 2. The summed E-state index contributed by atoms with van der Waals surface area (Å²) in [5.41, 5.74) is 7.53. The number of phenolic OH excluding ortho intramolecular Hbond substituents is 1. The summed E-state index contributed by atoms with van der Waals surface area (Å²) in [4.78, 5) is 0. The van der Waals surface area contributed by atoms with Crippen LogP contribution in [0.5, 0.6) is 5.75 Å². The molecule has 4 fully saturated rings. The molecule has 1 aromatic rings. The van der Waals surface area contributed by atoms with Crippen LogP contribution in [0.15, 0.2) is 24.3 Å². The largest absolute Gasteiger partial charge is 0.508 e. The average Bonchev–Trinajstić information content (AvgIpc) is 2.42. The summed E-state index contributed by atoms with van der Waals surface area (Å²) >= 11 is 0. The maximum absolute atomic E-state index is 9.61. The maximum Gasteiger partial charge on any atom is 0.115 e. The molecule has 1 atom stereocenters. The summed E-state index contributed by atoms with van der Waals surface area (Å²) < 4.78 is 0. The van der Waals surface area contributed by atoms with Crippen LogP contribution in [-0.2, 0) is 0 Å². The van der Waals surface area contributed by atoms with E-state index < -0.39 is 0 Å². The van der Waals surface area contributed by atoms with E-state index in [0.29, 0.717) is 5.75 Å². The third kappa shape index (κ3) is 2.14. The van der Waals surface area contributed by atoms with Crippen LogP contribution >= 0.6 is 0 Å². The lowest BCUT2D eigenvalue weighted by Crippen LogP contribution is -2.45. The summed E-state index contributed by atoms with van der Waals surface area (Å²) in [6, 6.07) is 7.60. The van der Waals surface area contributed by atoms with Crippen molar-refractivity contribution in [1.29, 1.82) is 0 Å². The fraction of sp³-hybridized carbons (Fsp3) is 0.667. The topological polar surface area (TPSA) is 46.2 Å². The molecule has 4 aliphatic rings. The van der Waals surface area contributed by atoms with Crippen LogP contribution in [0.25, 0.3) is 0 Å². The number of aromatic hydroxyl groups is 1. The van der Waals surface area contributed by atoms with Gasteiger partial charge >= 0.3 is 0 Å². The van der Waals surface area contributed by atoms with Crippen molar-refractivity contribution < 1.29 is 5.11 Å². The van der Waals surface area contributed by atoms with E-state index in [1.807, 2.05) is 12.1 Å². The molecule has 4 aliphatic carbocycles. The third-order valence-corrected chi connectivity index (χ3v) is 6.25. The summed E-state index contributed by atoms with van der Waals surface area (Å²) in [5.74, 6) is 5.11. The number of hydrogen-bond donors (Lipinski definition) is 2. The molecule has 5 rings (SSSR count). The van der Waals surface area contributed by atoms with Gasteiger partial charge in [-0.05, 0) is 85.8 Å². The Hall–Kier alpha value is -1.02. The average molecular weight is 271 g/mol. The molecule has 2 nitrogen and oxygen atoms in total. The van der Waals surface area contributed by atoms with E-state index in [-0.39, 0.29) is 6.04 Å². The molecule has 4 bridgehead atoms. The second-order valence-corrected chi connectivity index (χ2v) is 7.53. The van der Waals surface area contributed by atoms with E-state index in [1.165, 1.54) is 32.1 Å². The minimum Gasteiger partial charge on any atom is -0.508 e. The van der Waals surface area contributed by atoms with Gasteiger partial charge in [-0.15, -0.1) is 0 Å². The Morgan fingerprint density at radius 3 is 2.30 bits per heavy atom. The second-order valence-electron chi connectivity index (χ2n) is 7.53. The highest BCUT2D eigenvalue weighted by Gasteiger charge is 2.48. The molecule has 0 amide bonds. The standard InChI is InChI=1S/C18H25NO/c19-18(13-2-1-3-16(20)9-13)10-17-14-5-11-4-12(7-14)8-15(17)6-11/h1-3,9,11-12,14-15,17-18,20H,4-8,10,19H2. The van der Waals surface area contributed by atoms with Crippen molar-refractivity contribution in [2.75, 3.05) is 0 Å². The molecule has 4 saturated carbocycles. The number of benzene rings is 1. The minimum absolute atomic E-state index is 0.0876. The molecular weight excluding hydrogens is 246 g/mol. The highest BCUT2D eigenvalue weighted by Crippen LogP contribution is 2.58. The van der Waals surface area contributed by atoms with Gasteiger partial charge in [-0.2, -0.15) is 0 Å². The van der Waals surface area contributed by atoms with Crippen LogP contribution in [0.3, 0.4) is 0 Å². The fourth-order valence-electron chi connectivity index (χ4n) is 5.61. The number of rotatable bonds is 3. The number of nitrogens with two attached hydrogens (primary N) is 1. The Labute approximate surface area is 121 Å². The second kappa shape index (κ2) is 4.77. The fourth-order valence-corrected chi connectivity index (χ4v) is 5.61. The Balaban J connectivity index is 1.49. The number of phenols is 1. The van der Waals surface area contributed by atoms with Crippen molar-refractivity contribution in [1.82, 2.24) is 0 Å². The normalized spacial score (nSPS) is 40.0. The van der Waals surface area contributed by atoms with E-state index >= 15 is 0 Å². The van der Waals surface area contributed by atoms with E-state index in [2.05, 4.69) is 6.07 Å². The summed E-state index contributed by atoms with van der Waals surface area (Å²) in [5, 5.41) is 9.61. The zero-order valence-electron chi connectivity index (χ0n) is 12.0. The highest BCUT2D eigenvalue weighted by atomic mass is 16.3. The molecule has 0 spiro atoms. The molecule has 0 radical (unpaired) electrons. The molecule has 1 unspecified atom stereocenters. The Kier molecular flexibility index (Phi) is 3.03. The van der Waals surface area contributed by atoms with Gasteiger partial charge in [0, 0.05) is 6.04 Å². The molecule has 0 aromatic heterocycles. The van der Waals surface area contributed by atoms with Crippen LogP contribution in [0.4, 0.5) is 0 Å². The Morgan fingerprint density at radius 2 is 1.70 bits per heavy atom. The van der Waals surface area contributed by atoms with Crippen molar-refractivity contribution >= 4 is 0 Å². The van der Waals surface area contributed by atoms with Gasteiger partial charge < -0.3 is 10.8 Å². The van der Waals surface area contributed by atoms with Gasteiger partial charge in [0.15, 0.2) is 0 Å². The SMILES string of the molecule is NC(CC1C2CC3CC(C2)CC1C3)c1cccc(O)c1. The quantitative estimate of drug-likeness (QED) is 0.877. The molecule has 0 saturated heterocycles. The van der Waals surface area contributed by atoms with E-state index in [4.69, 9.17) is 5.73 Å². The van der Waals surface area contributed by atoms with E-state index in [1.54, 1.807) is 6.07 Å². The smallest absolute Gasteiger partial charge is 0.115 e. The van der Waals surface area contributed by atoms with Crippen molar-refractivity contribution in [2.45, 2.75) is 44.6 Å². The van der Waals surface area contributed by atoms with Gasteiger partial charge in [0.25, 0.3) is 0 Å². The van der Waals surface area contributed by atoms with Gasteiger partial charge in [-0.1, -0.05) is 12.1 Å². The van der Waals surface area contributed by atoms with Crippen LogP contribution in [0.2, 0.25) is 0 Å². The summed E-state index contributed by atoms with van der Waals surface area (Å²) in [7, 11) is 0. The molecular formula is C18H25NO. The van der Waals surface area contributed by atoms with Gasteiger partial charge in [0.05, 0.1) is 0 Å². The van der Waals surface area contributed by atoms with E-state index in [9.17, 15) is 5.11 Å². The highest BCUT2D eigenvalue weighted by molar-refractivity contribution is 5.29. The summed E-state index contributed by atoms with van der Waals surface area (Å²) in [6.07, 6.45) is 8.47. The molecule has 20 heavy (non-hydrogen) atoms. The van der Waals surface area contributed by atoms with Crippen LogP contribution in [0, 0.1) is 29.6 Å². The van der Waals surface area contributed by atoms with Crippen molar-refractivity contribution in [2.24, 2.45) is 35.3 Å². The van der Waals surface area contributed by atoms with Crippen molar-refractivity contribution in [3.8, 4) is 5.75 Å². The van der Waals surface area contributed by atoms with Gasteiger partial charge in [0.1, 0.15) is 5.75 Å². The molecule has 2 heteroatoms. The Morgan fingerprint density at radius 1 is 1.05 bits per heavy atom. The molecule has 1 aromatic carbocycles. The van der Waals surface area contributed by atoms with Gasteiger partial charge in [0.2, 0.25) is 0 Å². The minimum atomic E-state index is 0.0876. The Bertz CT molecular complexity index is 470. The third-order valence-electron chi connectivity index (χ3n) is 6.25. The maximum atomic E-state index is 9.61. The molecule has 0 heterocycles. The zero-order valence-corrected chi connectivity index (χ0v) is 12.0. The predicted molar refractivity (Wildman–Crippen MR) is 80.2 cm³/mol. The first-order valence-corrected chi connectivity index (χ1v) is 8.23. The lowest BCUT2D eigenvalue weighted by atomic mass is 9.51. The molecule has 108 valence electrons. The monoisotopic (exact) mass is 271 g/mol. The van der Waals surface area contributed by atoms with Gasteiger partial charge in [-0.3, -0.25) is 0 Å². The van der Waals surface area contributed by atoms with Crippen molar-refractivity contribution in [3.05, 3.63) is 29.8 Å². The van der Waals surface area contributed by atoms with Crippen LogP contribution < -0.4 is 5.73 Å². The molecule has 0 aliphatic heterocycles. The first kappa shape index (κ1) is 12.7. The van der Waals surface area contributed by atoms with Crippen LogP contribution in [-0.4, -0.2) is 5.11 Å². The first-order valence-electron chi connectivity index (χ1n) is 8.23. The molecule has 3 N–H and O–H groups in total. The predicted octanol–water partition coefficient (Wildman–Crippen LogP) is 3.85. The van der Waals surface area contributed by atoms with Crippen molar-refractivity contribution in [3.63, 3.8) is 0 Å². The van der Waals surface area contributed by atoms with Crippen LogP contribution in [0.1, 0.15) is 50.1 Å². The summed E-state index contributed by atoms with van der Waals surface area (Å²) in [6.45, 7) is 0. The first-order chi connectivity index (χ1) is 9.69. The van der Waals surface area contributed by atoms with E-state index in [0.717, 1.165) is 41.6 Å². The van der Waals surface area contributed by atoms with Gasteiger partial charge in [-0.25, -0.2) is 0 Å².